The summed E-state index contributed by atoms with van der Waals surface area (Å²) in [5.74, 6) is 0.0640. The van der Waals surface area contributed by atoms with E-state index in [1.54, 1.807) is 42.6 Å². The number of aliphatic hydroxyl groups is 1. The van der Waals surface area contributed by atoms with Gasteiger partial charge in [0, 0.05) is 66.9 Å². The number of anilines is 2. The molecule has 0 saturated heterocycles. The zero-order chi connectivity index (χ0) is 23.7. The quantitative estimate of drug-likeness (QED) is 0.552. The summed E-state index contributed by atoms with van der Waals surface area (Å²) < 4.78 is 19.3. The number of carbonyl (C=O) groups excluding carboxylic acids is 1. The Hall–Kier alpha value is -3.36. The molecule has 0 bridgehead atoms. The van der Waals surface area contributed by atoms with Crippen molar-refractivity contribution in [2.45, 2.75) is 18.3 Å². The van der Waals surface area contributed by atoms with E-state index in [1.807, 2.05) is 18.2 Å². The van der Waals surface area contributed by atoms with E-state index in [2.05, 4.69) is 14.9 Å². The average molecular weight is 463 g/mol. The summed E-state index contributed by atoms with van der Waals surface area (Å²) >= 11 is 0. The van der Waals surface area contributed by atoms with Crippen LogP contribution in [0.15, 0.2) is 54.9 Å². The molecule has 1 aliphatic carbocycles. The Morgan fingerprint density at radius 2 is 1.94 bits per heavy atom. The van der Waals surface area contributed by atoms with Crippen LogP contribution in [0.4, 0.5) is 16.0 Å². The van der Waals surface area contributed by atoms with Crippen LogP contribution in [-0.2, 0) is 10.2 Å². The van der Waals surface area contributed by atoms with Gasteiger partial charge in [-0.05, 0) is 36.6 Å². The van der Waals surface area contributed by atoms with Crippen molar-refractivity contribution in [2.75, 3.05) is 44.9 Å². The molecule has 2 aromatic carbocycles. The molecule has 2 heterocycles. The van der Waals surface area contributed by atoms with Crippen molar-refractivity contribution < 1.29 is 19.0 Å². The molecule has 0 unspecified atom stereocenters. The number of hydrogen-bond donors (Lipinski definition) is 1. The maximum Gasteiger partial charge on any atom is 0.254 e. The van der Waals surface area contributed by atoms with Crippen LogP contribution in [0.5, 0.6) is 0 Å². The number of rotatable bonds is 8. The fourth-order valence-corrected chi connectivity index (χ4v) is 4.68. The highest BCUT2D eigenvalue weighted by Gasteiger charge is 2.52. The van der Waals surface area contributed by atoms with Crippen LogP contribution in [-0.4, -0.2) is 65.8 Å². The van der Waals surface area contributed by atoms with Crippen LogP contribution in [0, 0.1) is 5.82 Å². The first-order chi connectivity index (χ1) is 16.6. The maximum absolute atomic E-state index is 14.2. The smallest absolute Gasteiger partial charge is 0.254 e. The number of halogens is 1. The molecular weight excluding hydrogens is 435 g/mol. The van der Waals surface area contributed by atoms with Gasteiger partial charge in [-0.25, -0.2) is 14.4 Å². The van der Waals surface area contributed by atoms with Crippen molar-refractivity contribution >= 4 is 17.5 Å². The molecule has 1 amide bonds. The minimum atomic E-state index is -0.314. The maximum atomic E-state index is 14.2. The second-order valence-electron chi connectivity index (χ2n) is 8.86. The molecule has 1 N–H and O–H groups in total. The molecule has 176 valence electrons. The molecule has 1 saturated carbocycles. The van der Waals surface area contributed by atoms with Gasteiger partial charge in [0.2, 0.25) is 5.95 Å². The van der Waals surface area contributed by atoms with Gasteiger partial charge in [-0.3, -0.25) is 4.79 Å². The lowest BCUT2D eigenvalue weighted by molar-refractivity contribution is 0.0656. The predicted molar refractivity (Wildman–Crippen MR) is 127 cm³/mol. The first kappa shape index (κ1) is 22.4. The monoisotopic (exact) mass is 462 g/mol. The number of aliphatic hydroxyl groups excluding tert-OH is 1. The lowest BCUT2D eigenvalue weighted by atomic mass is 9.97. The van der Waals surface area contributed by atoms with E-state index in [9.17, 15) is 14.3 Å². The fourth-order valence-electron chi connectivity index (χ4n) is 4.68. The summed E-state index contributed by atoms with van der Waals surface area (Å²) in [6, 6.07) is 12.4. The number of methoxy groups -OCH3 is 1. The largest absolute Gasteiger partial charge is 0.395 e. The van der Waals surface area contributed by atoms with Crippen molar-refractivity contribution in [3.05, 3.63) is 71.8 Å². The first-order valence-corrected chi connectivity index (χ1v) is 11.4. The number of fused-ring (bicyclic) bond motifs is 2. The molecular formula is C26H27FN4O3. The number of nitrogens with zero attached hydrogens (tertiary/aromatic N) is 4. The Kier molecular flexibility index (Phi) is 6.02. The Labute approximate surface area is 197 Å². The molecule has 0 atom stereocenters. The van der Waals surface area contributed by atoms with Crippen LogP contribution in [0.1, 0.15) is 28.8 Å². The summed E-state index contributed by atoms with van der Waals surface area (Å²) in [5.41, 5.74) is 3.83. The van der Waals surface area contributed by atoms with Crippen molar-refractivity contribution in [1.82, 2.24) is 14.9 Å². The molecule has 1 spiro atoms. The van der Waals surface area contributed by atoms with E-state index in [0.717, 1.165) is 25.1 Å². The normalized spacial score (nSPS) is 15.4. The van der Waals surface area contributed by atoms with E-state index in [1.165, 1.54) is 11.6 Å². The minimum absolute atomic E-state index is 0.0747. The van der Waals surface area contributed by atoms with E-state index < -0.39 is 0 Å². The summed E-state index contributed by atoms with van der Waals surface area (Å²) in [5, 5.41) is 9.39. The van der Waals surface area contributed by atoms with Gasteiger partial charge in [-0.1, -0.05) is 24.3 Å². The highest BCUT2D eigenvalue weighted by molar-refractivity contribution is 5.96. The number of aromatic nitrogens is 2. The highest BCUT2D eigenvalue weighted by Crippen LogP contribution is 2.57. The molecule has 34 heavy (non-hydrogen) atoms. The van der Waals surface area contributed by atoms with Crippen molar-refractivity contribution in [3.63, 3.8) is 0 Å². The zero-order valence-electron chi connectivity index (χ0n) is 19.1. The van der Waals surface area contributed by atoms with Crippen molar-refractivity contribution in [2.24, 2.45) is 0 Å². The third-order valence-corrected chi connectivity index (χ3v) is 6.71. The Morgan fingerprint density at radius 3 is 2.62 bits per heavy atom. The van der Waals surface area contributed by atoms with Gasteiger partial charge >= 0.3 is 0 Å². The fraction of sp³-hybridized carbons (Fsp3) is 0.346. The molecule has 5 rings (SSSR count). The zero-order valence-corrected chi connectivity index (χ0v) is 19.1. The lowest BCUT2D eigenvalue weighted by Crippen LogP contribution is -2.36. The molecule has 2 aliphatic rings. The molecule has 1 aromatic heterocycles. The summed E-state index contributed by atoms with van der Waals surface area (Å²) in [7, 11) is 1.58. The van der Waals surface area contributed by atoms with Crippen LogP contribution in [0.3, 0.4) is 0 Å². The Balaban J connectivity index is 1.45. The van der Waals surface area contributed by atoms with Gasteiger partial charge in [-0.2, -0.15) is 0 Å². The van der Waals surface area contributed by atoms with E-state index in [0.29, 0.717) is 35.8 Å². The van der Waals surface area contributed by atoms with Gasteiger partial charge in [0.1, 0.15) is 5.82 Å². The van der Waals surface area contributed by atoms with Gasteiger partial charge in [-0.15, -0.1) is 0 Å². The van der Waals surface area contributed by atoms with E-state index in [4.69, 9.17) is 4.74 Å². The number of ether oxygens (including phenoxy) is 1. The van der Waals surface area contributed by atoms with Gasteiger partial charge in [0.15, 0.2) is 0 Å². The summed E-state index contributed by atoms with van der Waals surface area (Å²) in [6.07, 6.45) is 5.45. The van der Waals surface area contributed by atoms with Crippen LogP contribution in [0.2, 0.25) is 0 Å². The van der Waals surface area contributed by atoms with E-state index in [-0.39, 0.29) is 30.3 Å². The molecule has 1 fully saturated rings. The SMILES string of the molecule is COCCN(CCO)C(=O)c1ccc2c(c1)N(c1ncc(-c3ccccc3F)cn1)CC21CC1. The molecule has 1 aliphatic heterocycles. The topological polar surface area (TPSA) is 78.8 Å². The summed E-state index contributed by atoms with van der Waals surface area (Å²) in [4.78, 5) is 25.9. The van der Waals surface area contributed by atoms with Crippen molar-refractivity contribution in [3.8, 4) is 11.1 Å². The summed E-state index contributed by atoms with van der Waals surface area (Å²) in [6.45, 7) is 1.68. The Morgan fingerprint density at radius 1 is 1.18 bits per heavy atom. The molecule has 0 radical (unpaired) electrons. The molecule has 3 aromatic rings. The van der Waals surface area contributed by atoms with Gasteiger partial charge < -0.3 is 19.6 Å². The Bertz CT molecular complexity index is 1200. The second-order valence-corrected chi connectivity index (χ2v) is 8.86. The average Bonchev–Trinajstić information content (AvgIpc) is 3.58. The van der Waals surface area contributed by atoms with Crippen molar-refractivity contribution in [1.29, 1.82) is 0 Å². The number of amides is 1. The van der Waals surface area contributed by atoms with Gasteiger partial charge in [0.05, 0.1) is 13.2 Å². The van der Waals surface area contributed by atoms with Crippen LogP contribution >= 0.6 is 0 Å². The van der Waals surface area contributed by atoms with E-state index >= 15 is 0 Å². The number of benzene rings is 2. The highest BCUT2D eigenvalue weighted by atomic mass is 19.1. The van der Waals surface area contributed by atoms with Gasteiger partial charge in [0.25, 0.3) is 5.91 Å². The third kappa shape index (κ3) is 4.03. The lowest BCUT2D eigenvalue weighted by Gasteiger charge is -2.22. The number of carbonyl (C=O) groups is 1. The third-order valence-electron chi connectivity index (χ3n) is 6.71. The number of hydrogen-bond acceptors (Lipinski definition) is 6. The first-order valence-electron chi connectivity index (χ1n) is 11.4. The standard InChI is InChI=1S/C26H27FN4O3/c1-34-13-11-30(10-12-32)24(33)18-6-7-21-23(14-18)31(17-26(21)8-9-26)25-28-15-19(16-29-25)20-4-2-3-5-22(20)27/h2-7,14-16,32H,8-13,17H2,1H3. The minimum Gasteiger partial charge on any atom is -0.395 e. The molecule has 7 nitrogen and oxygen atoms in total. The van der Waals surface area contributed by atoms with Crippen LogP contribution in [0.25, 0.3) is 11.1 Å². The second kappa shape index (κ2) is 9.12. The molecule has 8 heteroatoms. The predicted octanol–water partition coefficient (Wildman–Crippen LogP) is 3.55. The van der Waals surface area contributed by atoms with Crippen LogP contribution < -0.4 is 4.90 Å².